The van der Waals surface area contributed by atoms with Crippen LogP contribution in [0.5, 0.6) is 0 Å². The van der Waals surface area contributed by atoms with Crippen LogP contribution in [0.4, 0.5) is 11.6 Å². The molecule has 1 aromatic heterocycles. The first-order chi connectivity index (χ1) is 13.9. The summed E-state index contributed by atoms with van der Waals surface area (Å²) in [6, 6.07) is 8.24. The molecule has 1 aromatic carbocycles. The van der Waals surface area contributed by atoms with Crippen LogP contribution in [0.25, 0.3) is 0 Å². The highest BCUT2D eigenvalue weighted by molar-refractivity contribution is 5.96. The zero-order valence-corrected chi connectivity index (χ0v) is 16.8. The molecule has 0 saturated heterocycles. The van der Waals surface area contributed by atoms with Crippen molar-refractivity contribution >= 4 is 29.4 Å². The minimum Gasteiger partial charge on any atom is -0.454 e. The second kappa shape index (κ2) is 10.7. The van der Waals surface area contributed by atoms with Gasteiger partial charge in [-0.3, -0.25) is 14.4 Å². The van der Waals surface area contributed by atoms with E-state index in [9.17, 15) is 14.4 Å². The summed E-state index contributed by atoms with van der Waals surface area (Å²) in [5, 5.41) is 2.63. The fourth-order valence-corrected chi connectivity index (χ4v) is 2.53. The maximum atomic E-state index is 12.3. The molecule has 1 N–H and O–H groups in total. The maximum Gasteiger partial charge on any atom is 0.326 e. The van der Waals surface area contributed by atoms with Crippen LogP contribution in [-0.2, 0) is 14.3 Å². The van der Waals surface area contributed by atoms with Gasteiger partial charge in [0.15, 0.2) is 6.61 Å². The Kier molecular flexibility index (Phi) is 8.08. The second-order valence-corrected chi connectivity index (χ2v) is 6.17. The Morgan fingerprint density at radius 3 is 2.24 bits per heavy atom. The molecule has 0 aliphatic rings. The fraction of sp³-hybridized carbons (Fsp3) is 0.350. The van der Waals surface area contributed by atoms with Gasteiger partial charge in [-0.05, 0) is 44.2 Å². The highest BCUT2D eigenvalue weighted by atomic mass is 16.5. The summed E-state index contributed by atoms with van der Waals surface area (Å²) in [5.41, 5.74) is 1.06. The van der Waals surface area contributed by atoms with Crippen LogP contribution in [0.15, 0.2) is 42.7 Å². The van der Waals surface area contributed by atoms with Crippen molar-refractivity contribution in [2.45, 2.75) is 13.8 Å². The lowest BCUT2D eigenvalue weighted by atomic mass is 10.2. The molecule has 0 saturated carbocycles. The van der Waals surface area contributed by atoms with Crippen molar-refractivity contribution in [2.24, 2.45) is 0 Å². The van der Waals surface area contributed by atoms with Crippen LogP contribution in [-0.4, -0.2) is 65.9 Å². The summed E-state index contributed by atoms with van der Waals surface area (Å²) in [7, 11) is 1.65. The summed E-state index contributed by atoms with van der Waals surface area (Å²) < 4.78 is 4.98. The number of benzene rings is 1. The third-order valence-corrected chi connectivity index (χ3v) is 4.09. The normalized spacial score (nSPS) is 10.2. The lowest BCUT2D eigenvalue weighted by Gasteiger charge is -2.18. The molecule has 29 heavy (non-hydrogen) atoms. The van der Waals surface area contributed by atoms with Gasteiger partial charge >= 0.3 is 5.97 Å². The molecule has 0 aliphatic heterocycles. The summed E-state index contributed by atoms with van der Waals surface area (Å²) in [6.45, 7) is 4.60. The van der Waals surface area contributed by atoms with Crippen molar-refractivity contribution in [3.8, 4) is 0 Å². The fourth-order valence-electron chi connectivity index (χ4n) is 2.53. The molecule has 2 amide bonds. The van der Waals surface area contributed by atoms with E-state index in [2.05, 4.69) is 15.3 Å². The zero-order valence-electron chi connectivity index (χ0n) is 16.8. The second-order valence-electron chi connectivity index (χ2n) is 6.17. The Balaban J connectivity index is 1.80. The Hall–Kier alpha value is -3.49. The average molecular weight is 399 g/mol. The number of hydrogen-bond donors (Lipinski definition) is 1. The average Bonchev–Trinajstić information content (AvgIpc) is 2.74. The van der Waals surface area contributed by atoms with Gasteiger partial charge < -0.3 is 19.9 Å². The molecule has 1 heterocycles. The molecular formula is C20H25N5O4. The van der Waals surface area contributed by atoms with Gasteiger partial charge in [-0.15, -0.1) is 0 Å². The van der Waals surface area contributed by atoms with Gasteiger partial charge in [0.05, 0.1) is 0 Å². The van der Waals surface area contributed by atoms with Crippen molar-refractivity contribution < 1.29 is 19.1 Å². The minimum absolute atomic E-state index is 0.0617. The molecule has 0 fully saturated rings. The Bertz CT molecular complexity index is 823. The molecule has 2 rings (SSSR count). The number of nitrogens with one attached hydrogen (secondary N) is 1. The predicted octanol–water partition coefficient (Wildman–Crippen LogP) is 1.58. The molecular weight excluding hydrogens is 374 g/mol. The lowest BCUT2D eigenvalue weighted by molar-refractivity contribution is -0.145. The molecule has 154 valence electrons. The zero-order chi connectivity index (χ0) is 21.2. The molecule has 0 spiro atoms. The number of anilines is 2. The third-order valence-electron chi connectivity index (χ3n) is 4.09. The van der Waals surface area contributed by atoms with Crippen LogP contribution in [0.1, 0.15) is 24.2 Å². The highest BCUT2D eigenvalue weighted by Crippen LogP contribution is 2.12. The number of esters is 1. The van der Waals surface area contributed by atoms with Gasteiger partial charge in [-0.1, -0.05) is 0 Å². The van der Waals surface area contributed by atoms with E-state index in [0.29, 0.717) is 30.3 Å². The van der Waals surface area contributed by atoms with Crippen LogP contribution in [0.3, 0.4) is 0 Å². The van der Waals surface area contributed by atoms with E-state index in [4.69, 9.17) is 4.74 Å². The molecule has 2 aromatic rings. The monoisotopic (exact) mass is 399 g/mol. The smallest absolute Gasteiger partial charge is 0.326 e. The summed E-state index contributed by atoms with van der Waals surface area (Å²) >= 11 is 0. The van der Waals surface area contributed by atoms with E-state index in [-0.39, 0.29) is 12.5 Å². The first-order valence-electron chi connectivity index (χ1n) is 9.27. The van der Waals surface area contributed by atoms with Crippen LogP contribution in [0.2, 0.25) is 0 Å². The Labute approximate surface area is 169 Å². The van der Waals surface area contributed by atoms with E-state index in [1.165, 1.54) is 4.90 Å². The molecule has 0 unspecified atom stereocenters. The first kappa shape index (κ1) is 21.8. The first-order valence-corrected chi connectivity index (χ1v) is 9.27. The van der Waals surface area contributed by atoms with E-state index in [1.807, 2.05) is 13.8 Å². The SMILES string of the molecule is CCN(CC)C(=O)c1ccc(NC(=O)COC(=O)CN(C)c2ncccn2)cc1. The quantitative estimate of drug-likeness (QED) is 0.638. The number of carbonyl (C=O) groups is 3. The van der Waals surface area contributed by atoms with Crippen molar-refractivity contribution in [3.05, 3.63) is 48.3 Å². The van der Waals surface area contributed by atoms with Gasteiger partial charge in [-0.2, -0.15) is 0 Å². The van der Waals surface area contributed by atoms with Gasteiger partial charge in [0, 0.05) is 43.8 Å². The van der Waals surface area contributed by atoms with Crippen molar-refractivity contribution in [1.29, 1.82) is 0 Å². The number of hydrogen-bond acceptors (Lipinski definition) is 7. The molecule has 0 aliphatic carbocycles. The highest BCUT2D eigenvalue weighted by Gasteiger charge is 2.14. The summed E-state index contributed by atoms with van der Waals surface area (Å²) in [5.74, 6) is -0.725. The topological polar surface area (TPSA) is 105 Å². The van der Waals surface area contributed by atoms with Crippen molar-refractivity contribution in [3.63, 3.8) is 0 Å². The molecule has 0 radical (unpaired) electrons. The third kappa shape index (κ3) is 6.56. The molecule has 9 nitrogen and oxygen atoms in total. The van der Waals surface area contributed by atoms with Crippen LogP contribution < -0.4 is 10.2 Å². The Morgan fingerprint density at radius 2 is 1.66 bits per heavy atom. The van der Waals surface area contributed by atoms with E-state index < -0.39 is 18.5 Å². The standard InChI is InChI=1S/C20H25N5O4/c1-4-25(5-2)19(28)15-7-9-16(10-8-15)23-17(26)14-29-18(27)13-24(3)20-21-11-6-12-22-20/h6-12H,4-5,13-14H2,1-3H3,(H,23,26). The molecule has 9 heteroatoms. The van der Waals surface area contributed by atoms with Crippen molar-refractivity contribution in [2.75, 3.05) is 43.5 Å². The van der Waals surface area contributed by atoms with Gasteiger partial charge in [0.25, 0.3) is 11.8 Å². The summed E-state index contributed by atoms with van der Waals surface area (Å²) in [4.78, 5) is 47.4. The summed E-state index contributed by atoms with van der Waals surface area (Å²) in [6.07, 6.45) is 3.14. The van der Waals surface area contributed by atoms with E-state index in [0.717, 1.165) is 0 Å². The predicted molar refractivity (Wildman–Crippen MR) is 109 cm³/mol. The van der Waals surface area contributed by atoms with Crippen LogP contribution >= 0.6 is 0 Å². The Morgan fingerprint density at radius 1 is 1.03 bits per heavy atom. The lowest BCUT2D eigenvalue weighted by Crippen LogP contribution is -2.31. The van der Waals surface area contributed by atoms with Gasteiger partial charge in [0.2, 0.25) is 5.95 Å². The minimum atomic E-state index is -0.574. The number of rotatable bonds is 9. The van der Waals surface area contributed by atoms with Crippen molar-refractivity contribution in [1.82, 2.24) is 14.9 Å². The largest absolute Gasteiger partial charge is 0.454 e. The number of nitrogens with zero attached hydrogens (tertiary/aromatic N) is 4. The van der Waals surface area contributed by atoms with Gasteiger partial charge in [0.1, 0.15) is 6.54 Å². The van der Waals surface area contributed by atoms with E-state index in [1.54, 1.807) is 54.7 Å². The number of amides is 2. The van der Waals surface area contributed by atoms with Crippen LogP contribution in [0, 0.1) is 0 Å². The number of likely N-dealkylation sites (N-methyl/N-ethyl adjacent to an activating group) is 1. The number of ether oxygens (including phenoxy) is 1. The van der Waals surface area contributed by atoms with Gasteiger partial charge in [-0.25, -0.2) is 9.97 Å². The number of carbonyl (C=O) groups excluding carboxylic acids is 3. The molecule has 0 atom stereocenters. The molecule has 0 bridgehead atoms. The van der Waals surface area contributed by atoms with E-state index >= 15 is 0 Å². The maximum absolute atomic E-state index is 12.3. The number of aromatic nitrogens is 2.